The minimum absolute atomic E-state index is 0.223. The molecule has 0 spiro atoms. The SMILES string of the molecule is CC(NCCCNS(C)(=O)=O)c1ccc(Cl)cc1. The molecule has 102 valence electrons. The van der Waals surface area contributed by atoms with Crippen LogP contribution in [0.4, 0.5) is 0 Å². The monoisotopic (exact) mass is 290 g/mol. The van der Waals surface area contributed by atoms with Crippen molar-refractivity contribution < 1.29 is 8.42 Å². The van der Waals surface area contributed by atoms with Crippen LogP contribution in [0.3, 0.4) is 0 Å². The van der Waals surface area contributed by atoms with E-state index in [1.54, 1.807) is 0 Å². The summed E-state index contributed by atoms with van der Waals surface area (Å²) in [6.07, 6.45) is 1.92. The lowest BCUT2D eigenvalue weighted by molar-refractivity contribution is 0.548. The molecule has 1 aromatic rings. The molecule has 0 saturated heterocycles. The van der Waals surface area contributed by atoms with Gasteiger partial charge in [0.1, 0.15) is 0 Å². The van der Waals surface area contributed by atoms with Crippen molar-refractivity contribution in [3.05, 3.63) is 34.9 Å². The molecule has 0 saturated carbocycles. The summed E-state index contributed by atoms with van der Waals surface area (Å²) in [5.41, 5.74) is 1.16. The number of nitrogens with one attached hydrogen (secondary N) is 2. The molecular weight excluding hydrogens is 272 g/mol. The first-order valence-corrected chi connectivity index (χ1v) is 8.09. The van der Waals surface area contributed by atoms with E-state index in [0.29, 0.717) is 6.54 Å². The molecule has 4 nitrogen and oxygen atoms in total. The molecule has 0 aliphatic carbocycles. The van der Waals surface area contributed by atoms with Crippen LogP contribution in [0.5, 0.6) is 0 Å². The summed E-state index contributed by atoms with van der Waals surface area (Å²) < 4.78 is 24.1. The van der Waals surface area contributed by atoms with Gasteiger partial charge in [-0.1, -0.05) is 23.7 Å². The van der Waals surface area contributed by atoms with Gasteiger partial charge < -0.3 is 5.32 Å². The first-order valence-electron chi connectivity index (χ1n) is 5.82. The van der Waals surface area contributed by atoms with Crippen molar-refractivity contribution in [3.63, 3.8) is 0 Å². The smallest absolute Gasteiger partial charge is 0.208 e. The van der Waals surface area contributed by atoms with Crippen LogP contribution in [0.1, 0.15) is 24.9 Å². The molecular formula is C12H19ClN2O2S. The number of hydrogen-bond donors (Lipinski definition) is 2. The Morgan fingerprint density at radius 1 is 1.22 bits per heavy atom. The number of halogens is 1. The van der Waals surface area contributed by atoms with Crippen LogP contribution in [0.2, 0.25) is 5.02 Å². The Labute approximate surface area is 114 Å². The van der Waals surface area contributed by atoms with Gasteiger partial charge in [0.25, 0.3) is 0 Å². The van der Waals surface area contributed by atoms with Crippen LogP contribution >= 0.6 is 11.6 Å². The Morgan fingerprint density at radius 2 is 1.83 bits per heavy atom. The van der Waals surface area contributed by atoms with E-state index in [-0.39, 0.29) is 6.04 Å². The normalized spacial score (nSPS) is 13.5. The fraction of sp³-hybridized carbons (Fsp3) is 0.500. The Hall–Kier alpha value is -0.620. The first kappa shape index (κ1) is 15.4. The summed E-state index contributed by atoms with van der Waals surface area (Å²) in [5.74, 6) is 0. The molecule has 0 heterocycles. The predicted octanol–water partition coefficient (Wildman–Crippen LogP) is 1.93. The molecule has 0 aliphatic rings. The maximum Gasteiger partial charge on any atom is 0.208 e. The molecule has 0 amide bonds. The topological polar surface area (TPSA) is 58.2 Å². The van der Waals surface area contributed by atoms with Crippen LogP contribution in [0.25, 0.3) is 0 Å². The molecule has 18 heavy (non-hydrogen) atoms. The Bertz CT molecular complexity index is 459. The summed E-state index contributed by atoms with van der Waals surface area (Å²) in [6.45, 7) is 3.28. The van der Waals surface area contributed by atoms with Gasteiger partial charge in [0, 0.05) is 17.6 Å². The fourth-order valence-corrected chi connectivity index (χ4v) is 2.17. The molecule has 0 aliphatic heterocycles. The average molecular weight is 291 g/mol. The Kier molecular flexibility index (Phi) is 6.08. The summed E-state index contributed by atoms with van der Waals surface area (Å²) in [5, 5.41) is 4.05. The van der Waals surface area contributed by atoms with Crippen molar-refractivity contribution in [2.45, 2.75) is 19.4 Å². The van der Waals surface area contributed by atoms with Crippen molar-refractivity contribution in [2.75, 3.05) is 19.3 Å². The standard InChI is InChI=1S/C12H19ClN2O2S/c1-10(11-4-6-12(13)7-5-11)14-8-3-9-15-18(2,16)17/h4-7,10,14-15H,3,8-9H2,1-2H3. The molecule has 1 rings (SSSR count). The van der Waals surface area contributed by atoms with Gasteiger partial charge in [-0.2, -0.15) is 0 Å². The average Bonchev–Trinajstić information content (AvgIpc) is 2.27. The van der Waals surface area contributed by atoms with Crippen LogP contribution in [-0.2, 0) is 10.0 Å². The molecule has 0 aromatic heterocycles. The molecule has 0 bridgehead atoms. The highest BCUT2D eigenvalue weighted by Gasteiger charge is 2.04. The summed E-state index contributed by atoms with van der Waals surface area (Å²) in [7, 11) is -3.07. The summed E-state index contributed by atoms with van der Waals surface area (Å²) in [6, 6.07) is 7.91. The highest BCUT2D eigenvalue weighted by Crippen LogP contribution is 2.15. The van der Waals surface area contributed by atoms with E-state index in [0.717, 1.165) is 29.8 Å². The Morgan fingerprint density at radius 3 is 2.39 bits per heavy atom. The highest BCUT2D eigenvalue weighted by molar-refractivity contribution is 7.88. The van der Waals surface area contributed by atoms with Crippen molar-refractivity contribution in [2.24, 2.45) is 0 Å². The third-order valence-corrected chi connectivity index (χ3v) is 3.52. The first-order chi connectivity index (χ1) is 8.38. The maximum atomic E-state index is 10.8. The molecule has 0 fully saturated rings. The van der Waals surface area contributed by atoms with Crippen molar-refractivity contribution in [1.29, 1.82) is 0 Å². The maximum absolute atomic E-state index is 10.8. The van der Waals surface area contributed by atoms with Crippen LogP contribution in [0, 0.1) is 0 Å². The Balaban J connectivity index is 2.25. The van der Waals surface area contributed by atoms with Gasteiger partial charge in [0.05, 0.1) is 6.26 Å². The van der Waals surface area contributed by atoms with Crippen molar-refractivity contribution >= 4 is 21.6 Å². The fourth-order valence-electron chi connectivity index (χ4n) is 1.53. The van der Waals surface area contributed by atoms with E-state index < -0.39 is 10.0 Å². The minimum Gasteiger partial charge on any atom is -0.310 e. The molecule has 1 unspecified atom stereocenters. The van der Waals surface area contributed by atoms with Gasteiger partial charge in [0.2, 0.25) is 10.0 Å². The summed E-state index contributed by atoms with van der Waals surface area (Å²) in [4.78, 5) is 0. The lowest BCUT2D eigenvalue weighted by Gasteiger charge is -2.14. The van der Waals surface area contributed by atoms with E-state index in [2.05, 4.69) is 17.0 Å². The zero-order valence-corrected chi connectivity index (χ0v) is 12.2. The molecule has 1 aromatic carbocycles. The minimum atomic E-state index is -3.07. The number of sulfonamides is 1. The highest BCUT2D eigenvalue weighted by atomic mass is 35.5. The summed E-state index contributed by atoms with van der Waals surface area (Å²) >= 11 is 5.82. The number of hydrogen-bond acceptors (Lipinski definition) is 3. The van der Waals surface area contributed by atoms with E-state index in [1.165, 1.54) is 0 Å². The number of benzene rings is 1. The van der Waals surface area contributed by atoms with E-state index in [4.69, 9.17) is 11.6 Å². The van der Waals surface area contributed by atoms with Gasteiger partial charge >= 0.3 is 0 Å². The van der Waals surface area contributed by atoms with Gasteiger partial charge in [-0.25, -0.2) is 13.1 Å². The zero-order chi connectivity index (χ0) is 13.6. The van der Waals surface area contributed by atoms with Crippen molar-refractivity contribution in [3.8, 4) is 0 Å². The molecule has 1 atom stereocenters. The van der Waals surface area contributed by atoms with Crippen LogP contribution < -0.4 is 10.0 Å². The lowest BCUT2D eigenvalue weighted by Crippen LogP contribution is -2.27. The second-order valence-electron chi connectivity index (χ2n) is 4.25. The largest absolute Gasteiger partial charge is 0.310 e. The third kappa shape index (κ3) is 6.35. The zero-order valence-electron chi connectivity index (χ0n) is 10.6. The van der Waals surface area contributed by atoms with E-state index in [1.807, 2.05) is 24.3 Å². The van der Waals surface area contributed by atoms with Gasteiger partial charge in [-0.3, -0.25) is 0 Å². The quantitative estimate of drug-likeness (QED) is 0.755. The van der Waals surface area contributed by atoms with Gasteiger partial charge in [-0.15, -0.1) is 0 Å². The predicted molar refractivity (Wildman–Crippen MR) is 75.3 cm³/mol. The van der Waals surface area contributed by atoms with E-state index >= 15 is 0 Å². The van der Waals surface area contributed by atoms with Crippen LogP contribution in [0.15, 0.2) is 24.3 Å². The van der Waals surface area contributed by atoms with Crippen LogP contribution in [-0.4, -0.2) is 27.8 Å². The van der Waals surface area contributed by atoms with Gasteiger partial charge in [-0.05, 0) is 37.6 Å². The number of rotatable bonds is 7. The van der Waals surface area contributed by atoms with Gasteiger partial charge in [0.15, 0.2) is 0 Å². The molecule has 2 N–H and O–H groups in total. The molecule has 6 heteroatoms. The second-order valence-corrected chi connectivity index (χ2v) is 6.52. The van der Waals surface area contributed by atoms with E-state index in [9.17, 15) is 8.42 Å². The lowest BCUT2D eigenvalue weighted by atomic mass is 10.1. The third-order valence-electron chi connectivity index (χ3n) is 2.54. The molecule has 0 radical (unpaired) electrons. The second kappa shape index (κ2) is 7.09. The van der Waals surface area contributed by atoms with Crippen molar-refractivity contribution in [1.82, 2.24) is 10.0 Å².